The second-order valence-corrected chi connectivity index (χ2v) is 4.62. The molecule has 104 valence electrons. The average molecular weight is 266 g/mol. The van der Waals surface area contributed by atoms with Crippen molar-refractivity contribution < 1.29 is 14.8 Å². The molecule has 2 N–H and O–H groups in total. The normalized spacial score (nSPS) is 13.6. The minimum absolute atomic E-state index is 0.00595. The molecule has 0 aliphatic carbocycles. The van der Waals surface area contributed by atoms with Crippen LogP contribution in [0.15, 0.2) is 24.3 Å². The maximum absolute atomic E-state index is 11.7. The van der Waals surface area contributed by atoms with Crippen molar-refractivity contribution in [2.45, 2.75) is 26.3 Å². The fraction of sp³-hybridized carbons (Fsp3) is 0.462. The maximum Gasteiger partial charge on any atom is 0.269 e. The standard InChI is InChI=1S/C13H18N2O4/c1-9(8-16)10(2)14-13(17)7-11-3-5-12(6-4-11)15(18)19/h3-6,9-10,16H,7-8H2,1-2H3,(H,14,17). The average Bonchev–Trinajstić information content (AvgIpc) is 2.38. The Labute approximate surface area is 111 Å². The number of nitro groups is 1. The van der Waals surface area contributed by atoms with Crippen LogP contribution < -0.4 is 5.32 Å². The quantitative estimate of drug-likeness (QED) is 0.599. The van der Waals surface area contributed by atoms with E-state index in [1.54, 1.807) is 12.1 Å². The van der Waals surface area contributed by atoms with Crippen molar-refractivity contribution in [3.8, 4) is 0 Å². The SMILES string of the molecule is CC(CO)C(C)NC(=O)Cc1ccc([N+](=O)[O-])cc1. The molecule has 0 saturated carbocycles. The van der Waals surface area contributed by atoms with Gasteiger partial charge < -0.3 is 10.4 Å². The van der Waals surface area contributed by atoms with Crippen LogP contribution in [0.2, 0.25) is 0 Å². The number of amides is 1. The Kier molecular flexibility index (Phi) is 5.44. The molecule has 1 rings (SSSR count). The molecule has 1 amide bonds. The van der Waals surface area contributed by atoms with Crippen LogP contribution in [0.3, 0.4) is 0 Å². The van der Waals surface area contributed by atoms with Crippen molar-refractivity contribution in [1.29, 1.82) is 0 Å². The maximum atomic E-state index is 11.7. The molecule has 0 aliphatic heterocycles. The molecule has 0 aromatic heterocycles. The number of hydrogen-bond acceptors (Lipinski definition) is 4. The van der Waals surface area contributed by atoms with Gasteiger partial charge in [0.1, 0.15) is 0 Å². The summed E-state index contributed by atoms with van der Waals surface area (Å²) in [6, 6.07) is 5.77. The van der Waals surface area contributed by atoms with Crippen LogP contribution in [0.4, 0.5) is 5.69 Å². The van der Waals surface area contributed by atoms with E-state index in [0.717, 1.165) is 0 Å². The number of nitrogens with one attached hydrogen (secondary N) is 1. The third-order valence-corrected chi connectivity index (χ3v) is 3.04. The zero-order valence-electron chi connectivity index (χ0n) is 11.0. The topological polar surface area (TPSA) is 92.5 Å². The van der Waals surface area contributed by atoms with E-state index in [1.807, 2.05) is 13.8 Å². The molecule has 0 heterocycles. The van der Waals surface area contributed by atoms with Gasteiger partial charge in [-0.1, -0.05) is 19.1 Å². The molecule has 19 heavy (non-hydrogen) atoms. The van der Waals surface area contributed by atoms with Gasteiger partial charge in [0.25, 0.3) is 5.69 Å². The van der Waals surface area contributed by atoms with Gasteiger partial charge in [-0.05, 0) is 18.4 Å². The number of nitro benzene ring substituents is 1. The van der Waals surface area contributed by atoms with Crippen molar-refractivity contribution in [1.82, 2.24) is 5.32 Å². The van der Waals surface area contributed by atoms with Crippen molar-refractivity contribution >= 4 is 11.6 Å². The molecule has 0 spiro atoms. The summed E-state index contributed by atoms with van der Waals surface area (Å²) < 4.78 is 0. The highest BCUT2D eigenvalue weighted by Crippen LogP contribution is 2.12. The molecule has 2 atom stereocenters. The largest absolute Gasteiger partial charge is 0.396 e. The van der Waals surface area contributed by atoms with Gasteiger partial charge in [-0.2, -0.15) is 0 Å². The number of nitrogens with zero attached hydrogens (tertiary/aromatic N) is 1. The van der Waals surface area contributed by atoms with Gasteiger partial charge in [-0.3, -0.25) is 14.9 Å². The molecule has 6 heteroatoms. The van der Waals surface area contributed by atoms with Crippen molar-refractivity contribution in [2.24, 2.45) is 5.92 Å². The number of hydrogen-bond donors (Lipinski definition) is 2. The highest BCUT2D eigenvalue weighted by molar-refractivity contribution is 5.78. The minimum Gasteiger partial charge on any atom is -0.396 e. The lowest BCUT2D eigenvalue weighted by Crippen LogP contribution is -2.39. The van der Waals surface area contributed by atoms with E-state index in [1.165, 1.54) is 12.1 Å². The summed E-state index contributed by atoms with van der Waals surface area (Å²) >= 11 is 0. The molecule has 0 radical (unpaired) electrons. The van der Waals surface area contributed by atoms with Gasteiger partial charge in [-0.15, -0.1) is 0 Å². The minimum atomic E-state index is -0.477. The van der Waals surface area contributed by atoms with Crippen LogP contribution in [0, 0.1) is 16.0 Å². The fourth-order valence-electron chi connectivity index (χ4n) is 1.53. The van der Waals surface area contributed by atoms with E-state index in [2.05, 4.69) is 5.32 Å². The molecular weight excluding hydrogens is 248 g/mol. The number of rotatable bonds is 6. The Balaban J connectivity index is 2.55. The second-order valence-electron chi connectivity index (χ2n) is 4.62. The van der Waals surface area contributed by atoms with Gasteiger partial charge >= 0.3 is 0 Å². The van der Waals surface area contributed by atoms with E-state index in [0.29, 0.717) is 5.56 Å². The zero-order chi connectivity index (χ0) is 14.4. The summed E-state index contributed by atoms with van der Waals surface area (Å²) in [4.78, 5) is 21.7. The summed E-state index contributed by atoms with van der Waals surface area (Å²) in [5.41, 5.74) is 0.721. The monoisotopic (exact) mass is 266 g/mol. The molecule has 1 aromatic carbocycles. The Morgan fingerprint density at radius 2 is 1.95 bits per heavy atom. The van der Waals surface area contributed by atoms with Gasteiger partial charge in [0.05, 0.1) is 11.3 Å². The zero-order valence-corrected chi connectivity index (χ0v) is 11.0. The summed E-state index contributed by atoms with van der Waals surface area (Å²) in [5, 5.41) is 22.2. The van der Waals surface area contributed by atoms with Crippen LogP contribution in [0.1, 0.15) is 19.4 Å². The molecular formula is C13H18N2O4. The van der Waals surface area contributed by atoms with Crippen LogP contribution in [-0.2, 0) is 11.2 Å². The summed E-state index contributed by atoms with van der Waals surface area (Å²) in [5.74, 6) is -0.178. The lowest BCUT2D eigenvalue weighted by molar-refractivity contribution is -0.384. The molecule has 6 nitrogen and oxygen atoms in total. The van der Waals surface area contributed by atoms with E-state index in [4.69, 9.17) is 5.11 Å². The predicted molar refractivity (Wildman–Crippen MR) is 70.7 cm³/mol. The predicted octanol–water partition coefficient (Wildman–Crippen LogP) is 1.27. The van der Waals surface area contributed by atoms with Gasteiger partial charge in [-0.25, -0.2) is 0 Å². The van der Waals surface area contributed by atoms with Crippen LogP contribution >= 0.6 is 0 Å². The number of non-ortho nitro benzene ring substituents is 1. The summed E-state index contributed by atoms with van der Waals surface area (Å²) in [6.45, 7) is 3.68. The first-order valence-corrected chi connectivity index (χ1v) is 6.07. The summed E-state index contributed by atoms with van der Waals surface area (Å²) in [7, 11) is 0. The molecule has 0 fully saturated rings. The molecule has 2 unspecified atom stereocenters. The second kappa shape index (κ2) is 6.84. The fourth-order valence-corrected chi connectivity index (χ4v) is 1.53. The van der Waals surface area contributed by atoms with Gasteiger partial charge in [0, 0.05) is 24.8 Å². The number of benzene rings is 1. The summed E-state index contributed by atoms with van der Waals surface area (Å²) in [6.07, 6.45) is 0.167. The lowest BCUT2D eigenvalue weighted by Gasteiger charge is -2.19. The smallest absolute Gasteiger partial charge is 0.269 e. The Morgan fingerprint density at radius 1 is 1.37 bits per heavy atom. The molecule has 0 aliphatic rings. The first-order valence-electron chi connectivity index (χ1n) is 6.07. The Bertz CT molecular complexity index is 444. The highest BCUT2D eigenvalue weighted by atomic mass is 16.6. The van der Waals surface area contributed by atoms with Crippen molar-refractivity contribution in [3.05, 3.63) is 39.9 Å². The van der Waals surface area contributed by atoms with E-state index < -0.39 is 4.92 Å². The van der Waals surface area contributed by atoms with Crippen LogP contribution in [0.5, 0.6) is 0 Å². The van der Waals surface area contributed by atoms with Gasteiger partial charge in [0.2, 0.25) is 5.91 Å². The Morgan fingerprint density at radius 3 is 2.42 bits per heavy atom. The van der Waals surface area contributed by atoms with E-state index >= 15 is 0 Å². The number of carbonyl (C=O) groups is 1. The van der Waals surface area contributed by atoms with E-state index in [-0.39, 0.29) is 36.6 Å². The van der Waals surface area contributed by atoms with Crippen LogP contribution in [0.25, 0.3) is 0 Å². The van der Waals surface area contributed by atoms with Crippen molar-refractivity contribution in [3.63, 3.8) is 0 Å². The highest BCUT2D eigenvalue weighted by Gasteiger charge is 2.14. The first-order chi connectivity index (χ1) is 8.93. The first kappa shape index (κ1) is 15.1. The van der Waals surface area contributed by atoms with Gasteiger partial charge in [0.15, 0.2) is 0 Å². The molecule has 1 aromatic rings. The number of aliphatic hydroxyl groups is 1. The third-order valence-electron chi connectivity index (χ3n) is 3.04. The van der Waals surface area contributed by atoms with E-state index in [9.17, 15) is 14.9 Å². The lowest BCUT2D eigenvalue weighted by atomic mass is 10.0. The van der Waals surface area contributed by atoms with Crippen LogP contribution in [-0.4, -0.2) is 28.6 Å². The number of carbonyl (C=O) groups excluding carboxylic acids is 1. The number of aliphatic hydroxyl groups excluding tert-OH is 1. The molecule has 0 saturated heterocycles. The third kappa shape index (κ3) is 4.67. The molecule has 0 bridgehead atoms. The van der Waals surface area contributed by atoms with Crippen molar-refractivity contribution in [2.75, 3.05) is 6.61 Å². The Hall–Kier alpha value is -1.95.